The van der Waals surface area contributed by atoms with Crippen molar-refractivity contribution in [1.29, 1.82) is 0 Å². The van der Waals surface area contributed by atoms with Gasteiger partial charge in [-0.25, -0.2) is 0 Å². The van der Waals surface area contributed by atoms with Crippen molar-refractivity contribution >= 4 is 0 Å². The normalized spacial score (nSPS) is 11.4. The van der Waals surface area contributed by atoms with Crippen LogP contribution in [0.5, 0.6) is 11.5 Å². The van der Waals surface area contributed by atoms with Gasteiger partial charge >= 0.3 is 0 Å². The Balaban J connectivity index is 3.14. The van der Waals surface area contributed by atoms with Crippen molar-refractivity contribution in [3.63, 3.8) is 0 Å². The fourth-order valence-corrected chi connectivity index (χ4v) is 1.49. The molecule has 16 heavy (non-hydrogen) atoms. The SMILES string of the molecule is Oc1ccc(O)c(CC(O)O)c1CC(O)O. The molecule has 0 fully saturated rings. The lowest BCUT2D eigenvalue weighted by Crippen LogP contribution is -2.14. The Morgan fingerprint density at radius 2 is 1.06 bits per heavy atom. The third-order valence-corrected chi connectivity index (χ3v) is 2.16. The predicted molar refractivity (Wildman–Crippen MR) is 53.6 cm³/mol. The third-order valence-electron chi connectivity index (χ3n) is 2.16. The zero-order valence-corrected chi connectivity index (χ0v) is 8.41. The molecule has 6 nitrogen and oxygen atoms in total. The number of phenolic OH excluding ortho intramolecular Hbond substituents is 2. The number of aliphatic hydroxyl groups is 4. The third kappa shape index (κ3) is 3.07. The summed E-state index contributed by atoms with van der Waals surface area (Å²) in [5.74, 6) is -0.469. The average molecular weight is 230 g/mol. The summed E-state index contributed by atoms with van der Waals surface area (Å²) in [5.41, 5.74) is 0.172. The Morgan fingerprint density at radius 3 is 1.31 bits per heavy atom. The molecule has 0 spiro atoms. The van der Waals surface area contributed by atoms with Crippen molar-refractivity contribution in [2.24, 2.45) is 0 Å². The van der Waals surface area contributed by atoms with Crippen molar-refractivity contribution in [2.45, 2.75) is 25.4 Å². The molecule has 0 bridgehead atoms. The first-order valence-electron chi connectivity index (χ1n) is 4.66. The van der Waals surface area contributed by atoms with E-state index in [4.69, 9.17) is 20.4 Å². The molecule has 0 saturated heterocycles. The second-order valence-electron chi connectivity index (χ2n) is 3.43. The van der Waals surface area contributed by atoms with Gasteiger partial charge in [-0.05, 0) is 12.1 Å². The summed E-state index contributed by atoms with van der Waals surface area (Å²) < 4.78 is 0. The fraction of sp³-hybridized carbons (Fsp3) is 0.400. The summed E-state index contributed by atoms with van der Waals surface area (Å²) in [6, 6.07) is 2.39. The maximum atomic E-state index is 9.48. The molecule has 0 amide bonds. The Morgan fingerprint density at radius 1 is 0.750 bits per heavy atom. The highest BCUT2D eigenvalue weighted by Gasteiger charge is 2.17. The lowest BCUT2D eigenvalue weighted by Gasteiger charge is -2.15. The van der Waals surface area contributed by atoms with E-state index in [1.165, 1.54) is 12.1 Å². The monoisotopic (exact) mass is 230 g/mol. The van der Waals surface area contributed by atoms with Gasteiger partial charge in [-0.15, -0.1) is 0 Å². The average Bonchev–Trinajstić information content (AvgIpc) is 2.16. The molecule has 90 valence electrons. The van der Waals surface area contributed by atoms with E-state index in [0.717, 1.165) is 0 Å². The summed E-state index contributed by atoms with van der Waals surface area (Å²) in [6.45, 7) is 0. The Bertz CT molecular complexity index is 326. The zero-order valence-electron chi connectivity index (χ0n) is 8.41. The molecule has 0 unspecified atom stereocenters. The molecule has 6 N–H and O–H groups in total. The number of hydrogen-bond donors (Lipinski definition) is 6. The molecule has 0 aliphatic carbocycles. The number of hydrogen-bond acceptors (Lipinski definition) is 6. The first-order valence-corrected chi connectivity index (χ1v) is 4.66. The van der Waals surface area contributed by atoms with Crippen LogP contribution in [0.1, 0.15) is 11.1 Å². The van der Waals surface area contributed by atoms with Gasteiger partial charge in [-0.2, -0.15) is 0 Å². The molecular formula is C10H14O6. The van der Waals surface area contributed by atoms with E-state index in [-0.39, 0.29) is 35.5 Å². The van der Waals surface area contributed by atoms with E-state index in [1.807, 2.05) is 0 Å². The maximum Gasteiger partial charge on any atom is 0.155 e. The number of phenols is 2. The molecular weight excluding hydrogens is 216 g/mol. The molecule has 0 aromatic heterocycles. The number of benzene rings is 1. The standard InChI is InChI=1S/C10H14O6/c11-7-1-2-8(12)6(4-10(15)16)5(7)3-9(13)14/h1-2,9-16H,3-4H2. The molecule has 1 rings (SSSR count). The van der Waals surface area contributed by atoms with Gasteiger partial charge in [-0.3, -0.25) is 0 Å². The lowest BCUT2D eigenvalue weighted by atomic mass is 9.99. The van der Waals surface area contributed by atoms with Gasteiger partial charge in [0.1, 0.15) is 11.5 Å². The van der Waals surface area contributed by atoms with E-state index < -0.39 is 12.6 Å². The fourth-order valence-electron chi connectivity index (χ4n) is 1.49. The minimum atomic E-state index is -1.69. The van der Waals surface area contributed by atoms with E-state index in [0.29, 0.717) is 0 Å². The molecule has 0 aliphatic heterocycles. The molecule has 1 aromatic carbocycles. The zero-order chi connectivity index (χ0) is 12.3. The summed E-state index contributed by atoms with van der Waals surface area (Å²) >= 11 is 0. The van der Waals surface area contributed by atoms with Crippen LogP contribution in [0.15, 0.2) is 12.1 Å². The minimum Gasteiger partial charge on any atom is -0.508 e. The first kappa shape index (κ1) is 12.7. The van der Waals surface area contributed by atoms with Gasteiger partial charge in [0.15, 0.2) is 12.6 Å². The highest BCUT2D eigenvalue weighted by molar-refractivity contribution is 5.47. The van der Waals surface area contributed by atoms with Gasteiger partial charge in [0, 0.05) is 24.0 Å². The highest BCUT2D eigenvalue weighted by atomic mass is 16.5. The van der Waals surface area contributed by atoms with E-state index in [9.17, 15) is 10.2 Å². The van der Waals surface area contributed by atoms with Crippen LogP contribution in [0.4, 0.5) is 0 Å². The van der Waals surface area contributed by atoms with Crippen LogP contribution in [0.2, 0.25) is 0 Å². The molecule has 0 aliphatic rings. The molecule has 6 heteroatoms. The number of aromatic hydroxyl groups is 2. The van der Waals surface area contributed by atoms with Crippen molar-refractivity contribution < 1.29 is 30.6 Å². The molecule has 1 aromatic rings. The van der Waals surface area contributed by atoms with Gasteiger partial charge in [0.25, 0.3) is 0 Å². The van der Waals surface area contributed by atoms with Gasteiger partial charge in [-0.1, -0.05) is 0 Å². The largest absolute Gasteiger partial charge is 0.508 e. The quantitative estimate of drug-likeness (QED) is 0.285. The van der Waals surface area contributed by atoms with Gasteiger partial charge in [0.05, 0.1) is 0 Å². The second-order valence-corrected chi connectivity index (χ2v) is 3.43. The molecule has 0 radical (unpaired) electrons. The van der Waals surface area contributed by atoms with E-state index >= 15 is 0 Å². The van der Waals surface area contributed by atoms with E-state index in [1.54, 1.807) is 0 Å². The smallest absolute Gasteiger partial charge is 0.155 e. The van der Waals surface area contributed by atoms with Crippen LogP contribution < -0.4 is 0 Å². The Kier molecular flexibility index (Phi) is 4.08. The second kappa shape index (κ2) is 5.13. The van der Waals surface area contributed by atoms with Crippen LogP contribution in [-0.2, 0) is 12.8 Å². The first-order chi connectivity index (χ1) is 7.41. The van der Waals surface area contributed by atoms with Crippen LogP contribution in [0.3, 0.4) is 0 Å². The lowest BCUT2D eigenvalue weighted by molar-refractivity contribution is -0.0435. The Labute approximate surface area is 91.7 Å². The van der Waals surface area contributed by atoms with Crippen molar-refractivity contribution in [2.75, 3.05) is 0 Å². The molecule has 0 saturated carbocycles. The van der Waals surface area contributed by atoms with Crippen molar-refractivity contribution in [3.8, 4) is 11.5 Å². The van der Waals surface area contributed by atoms with Crippen molar-refractivity contribution in [3.05, 3.63) is 23.3 Å². The summed E-state index contributed by atoms with van der Waals surface area (Å²) in [7, 11) is 0. The summed E-state index contributed by atoms with van der Waals surface area (Å²) in [5, 5.41) is 54.2. The highest BCUT2D eigenvalue weighted by Crippen LogP contribution is 2.30. The number of aliphatic hydroxyl groups excluding tert-OH is 2. The maximum absolute atomic E-state index is 9.48. The van der Waals surface area contributed by atoms with Gasteiger partial charge < -0.3 is 30.6 Å². The van der Waals surface area contributed by atoms with E-state index in [2.05, 4.69) is 0 Å². The van der Waals surface area contributed by atoms with Crippen LogP contribution in [0, 0.1) is 0 Å². The van der Waals surface area contributed by atoms with Crippen LogP contribution in [-0.4, -0.2) is 43.2 Å². The minimum absolute atomic E-state index is 0.0862. The summed E-state index contributed by atoms with van der Waals surface area (Å²) in [4.78, 5) is 0. The topological polar surface area (TPSA) is 121 Å². The molecule has 0 heterocycles. The van der Waals surface area contributed by atoms with Crippen molar-refractivity contribution in [1.82, 2.24) is 0 Å². The summed E-state index contributed by atoms with van der Waals surface area (Å²) in [6.07, 6.45) is -3.99. The predicted octanol–water partition coefficient (Wildman–Crippen LogP) is -1.20. The molecule has 0 atom stereocenters. The van der Waals surface area contributed by atoms with Gasteiger partial charge in [0.2, 0.25) is 0 Å². The van der Waals surface area contributed by atoms with Crippen LogP contribution in [0.25, 0.3) is 0 Å². The van der Waals surface area contributed by atoms with Crippen LogP contribution >= 0.6 is 0 Å². The Hall–Kier alpha value is -1.34. The number of rotatable bonds is 4.